The maximum absolute atomic E-state index is 6.13. The molecule has 2 N–H and O–H groups in total. The largest absolute Gasteiger partial charge is 0.379 e. The molecule has 1 rings (SSSR count). The molecule has 0 aliphatic rings. The highest BCUT2D eigenvalue weighted by Crippen LogP contribution is 2.23. The molecule has 0 saturated heterocycles. The van der Waals surface area contributed by atoms with Crippen molar-refractivity contribution in [3.63, 3.8) is 0 Å². The van der Waals surface area contributed by atoms with Gasteiger partial charge in [-0.15, -0.1) is 0 Å². The van der Waals surface area contributed by atoms with Gasteiger partial charge in [-0.25, -0.2) is 0 Å². The lowest BCUT2D eigenvalue weighted by Gasteiger charge is -2.26. The third-order valence-corrected chi connectivity index (χ3v) is 2.79. The molecule has 2 atom stereocenters. The van der Waals surface area contributed by atoms with Gasteiger partial charge in [-0.3, -0.25) is 0 Å². The molecule has 1 aromatic carbocycles. The standard InChI is InChI=1S/C12H18ClNO/c1-8(2)12(15-3)11(14)9-4-6-10(13)7-5-9/h4-8,11-12H,14H2,1-3H3. The minimum Gasteiger partial charge on any atom is -0.379 e. The van der Waals surface area contributed by atoms with Crippen molar-refractivity contribution in [1.29, 1.82) is 0 Å². The molecular weight excluding hydrogens is 210 g/mol. The Morgan fingerprint density at radius 3 is 2.13 bits per heavy atom. The van der Waals surface area contributed by atoms with E-state index in [1.165, 1.54) is 0 Å². The van der Waals surface area contributed by atoms with Crippen LogP contribution in [-0.4, -0.2) is 13.2 Å². The summed E-state index contributed by atoms with van der Waals surface area (Å²) in [5, 5.41) is 0.726. The van der Waals surface area contributed by atoms with Crippen LogP contribution in [0.15, 0.2) is 24.3 Å². The van der Waals surface area contributed by atoms with E-state index in [1.807, 2.05) is 24.3 Å². The van der Waals surface area contributed by atoms with Crippen LogP contribution in [0.4, 0.5) is 0 Å². The van der Waals surface area contributed by atoms with Crippen LogP contribution in [0, 0.1) is 5.92 Å². The molecule has 0 aliphatic heterocycles. The summed E-state index contributed by atoms with van der Waals surface area (Å²) in [5.41, 5.74) is 7.19. The van der Waals surface area contributed by atoms with Crippen molar-refractivity contribution < 1.29 is 4.74 Å². The minimum atomic E-state index is -0.104. The third-order valence-electron chi connectivity index (χ3n) is 2.54. The lowest BCUT2D eigenvalue weighted by atomic mass is 9.94. The fourth-order valence-corrected chi connectivity index (χ4v) is 1.83. The van der Waals surface area contributed by atoms with Crippen molar-refractivity contribution >= 4 is 11.6 Å². The van der Waals surface area contributed by atoms with Crippen LogP contribution in [-0.2, 0) is 4.74 Å². The maximum atomic E-state index is 6.13. The van der Waals surface area contributed by atoms with Crippen LogP contribution in [0.1, 0.15) is 25.5 Å². The Bertz CT molecular complexity index is 297. The number of nitrogens with two attached hydrogens (primary N) is 1. The second-order valence-corrected chi connectivity index (χ2v) is 4.46. The SMILES string of the molecule is COC(C(C)C)C(N)c1ccc(Cl)cc1. The first-order valence-corrected chi connectivity index (χ1v) is 5.48. The van der Waals surface area contributed by atoms with Gasteiger partial charge in [-0.1, -0.05) is 37.6 Å². The molecule has 0 fully saturated rings. The summed E-state index contributed by atoms with van der Waals surface area (Å²) >= 11 is 5.82. The van der Waals surface area contributed by atoms with Gasteiger partial charge in [-0.2, -0.15) is 0 Å². The molecule has 0 saturated carbocycles. The molecule has 0 heterocycles. The summed E-state index contributed by atoms with van der Waals surface area (Å²) in [4.78, 5) is 0. The summed E-state index contributed by atoms with van der Waals surface area (Å²) in [6.07, 6.45) is 0.0335. The molecule has 0 radical (unpaired) electrons. The van der Waals surface area contributed by atoms with Gasteiger partial charge in [0.2, 0.25) is 0 Å². The smallest absolute Gasteiger partial charge is 0.0786 e. The second kappa shape index (κ2) is 5.50. The van der Waals surface area contributed by atoms with E-state index >= 15 is 0 Å². The molecule has 2 unspecified atom stereocenters. The van der Waals surface area contributed by atoms with Crippen LogP contribution in [0.3, 0.4) is 0 Å². The fourth-order valence-electron chi connectivity index (χ4n) is 1.71. The van der Waals surface area contributed by atoms with E-state index in [-0.39, 0.29) is 12.1 Å². The van der Waals surface area contributed by atoms with Crippen LogP contribution >= 0.6 is 11.6 Å². The van der Waals surface area contributed by atoms with E-state index in [0.717, 1.165) is 10.6 Å². The summed E-state index contributed by atoms with van der Waals surface area (Å²) < 4.78 is 5.40. The van der Waals surface area contributed by atoms with Gasteiger partial charge < -0.3 is 10.5 Å². The van der Waals surface area contributed by atoms with Crippen LogP contribution < -0.4 is 5.73 Å². The van der Waals surface area contributed by atoms with Crippen molar-refractivity contribution in [2.75, 3.05) is 7.11 Å². The maximum Gasteiger partial charge on any atom is 0.0786 e. The van der Waals surface area contributed by atoms with Crippen molar-refractivity contribution in [1.82, 2.24) is 0 Å². The molecule has 0 bridgehead atoms. The number of benzene rings is 1. The Kier molecular flexibility index (Phi) is 4.58. The van der Waals surface area contributed by atoms with E-state index in [0.29, 0.717) is 5.92 Å². The van der Waals surface area contributed by atoms with Gasteiger partial charge in [-0.05, 0) is 23.6 Å². The highest BCUT2D eigenvalue weighted by molar-refractivity contribution is 6.30. The predicted octanol–water partition coefficient (Wildman–Crippen LogP) is 3.01. The molecule has 0 aromatic heterocycles. The predicted molar refractivity (Wildman–Crippen MR) is 64.0 cm³/mol. The first-order chi connectivity index (χ1) is 7.06. The van der Waals surface area contributed by atoms with Crippen molar-refractivity contribution in [2.45, 2.75) is 26.0 Å². The van der Waals surface area contributed by atoms with Gasteiger partial charge in [0.15, 0.2) is 0 Å². The van der Waals surface area contributed by atoms with Crippen LogP contribution in [0.2, 0.25) is 5.02 Å². The molecule has 3 heteroatoms. The quantitative estimate of drug-likeness (QED) is 0.858. The zero-order valence-corrected chi connectivity index (χ0v) is 10.2. The lowest BCUT2D eigenvalue weighted by molar-refractivity contribution is 0.0437. The summed E-state index contributed by atoms with van der Waals surface area (Å²) in [6, 6.07) is 7.49. The van der Waals surface area contributed by atoms with Crippen LogP contribution in [0.5, 0.6) is 0 Å². The number of methoxy groups -OCH3 is 1. The molecule has 84 valence electrons. The fraction of sp³-hybridized carbons (Fsp3) is 0.500. The van der Waals surface area contributed by atoms with E-state index in [1.54, 1.807) is 7.11 Å². The number of halogens is 1. The highest BCUT2D eigenvalue weighted by Gasteiger charge is 2.22. The van der Waals surface area contributed by atoms with E-state index in [2.05, 4.69) is 13.8 Å². The first-order valence-electron chi connectivity index (χ1n) is 5.10. The number of hydrogen-bond acceptors (Lipinski definition) is 2. The summed E-state index contributed by atoms with van der Waals surface area (Å²) in [7, 11) is 1.69. The Morgan fingerprint density at radius 2 is 1.73 bits per heavy atom. The van der Waals surface area contributed by atoms with Gasteiger partial charge in [0, 0.05) is 12.1 Å². The number of hydrogen-bond donors (Lipinski definition) is 1. The normalized spacial score (nSPS) is 15.3. The molecule has 2 nitrogen and oxygen atoms in total. The average Bonchev–Trinajstić information content (AvgIpc) is 2.19. The second-order valence-electron chi connectivity index (χ2n) is 4.02. The lowest BCUT2D eigenvalue weighted by Crippen LogP contribution is -2.32. The summed E-state index contributed by atoms with van der Waals surface area (Å²) in [5.74, 6) is 0.390. The molecule has 0 spiro atoms. The Morgan fingerprint density at radius 1 is 1.20 bits per heavy atom. The minimum absolute atomic E-state index is 0.0335. The third kappa shape index (κ3) is 3.20. The van der Waals surface area contributed by atoms with Crippen molar-refractivity contribution in [2.24, 2.45) is 11.7 Å². The molecule has 0 amide bonds. The van der Waals surface area contributed by atoms with E-state index in [4.69, 9.17) is 22.1 Å². The van der Waals surface area contributed by atoms with Gasteiger partial charge in [0.05, 0.1) is 12.1 Å². The Balaban J connectivity index is 2.82. The van der Waals surface area contributed by atoms with E-state index < -0.39 is 0 Å². The zero-order valence-electron chi connectivity index (χ0n) is 9.41. The molecule has 15 heavy (non-hydrogen) atoms. The molecular formula is C12H18ClNO. The highest BCUT2D eigenvalue weighted by atomic mass is 35.5. The average molecular weight is 228 g/mol. The van der Waals surface area contributed by atoms with Gasteiger partial charge in [0.1, 0.15) is 0 Å². The Hall–Kier alpha value is -0.570. The number of rotatable bonds is 4. The van der Waals surface area contributed by atoms with Crippen molar-refractivity contribution in [3.05, 3.63) is 34.9 Å². The molecule has 1 aromatic rings. The molecule has 0 aliphatic carbocycles. The van der Waals surface area contributed by atoms with Crippen LogP contribution in [0.25, 0.3) is 0 Å². The topological polar surface area (TPSA) is 35.2 Å². The monoisotopic (exact) mass is 227 g/mol. The van der Waals surface area contributed by atoms with E-state index in [9.17, 15) is 0 Å². The van der Waals surface area contributed by atoms with Crippen molar-refractivity contribution in [3.8, 4) is 0 Å². The summed E-state index contributed by atoms with van der Waals surface area (Å²) in [6.45, 7) is 4.20. The first kappa shape index (κ1) is 12.5. The zero-order chi connectivity index (χ0) is 11.4. The van der Waals surface area contributed by atoms with Gasteiger partial charge >= 0.3 is 0 Å². The number of ether oxygens (including phenoxy) is 1. The Labute approximate surface area is 96.4 Å². The van der Waals surface area contributed by atoms with Gasteiger partial charge in [0.25, 0.3) is 0 Å².